The zero-order chi connectivity index (χ0) is 14.0. The van der Waals surface area contributed by atoms with Crippen molar-refractivity contribution in [3.63, 3.8) is 0 Å². The number of anilines is 1. The van der Waals surface area contributed by atoms with Crippen LogP contribution in [-0.2, 0) is 0 Å². The highest BCUT2D eigenvalue weighted by molar-refractivity contribution is 9.10. The van der Waals surface area contributed by atoms with Crippen LogP contribution in [0, 0.1) is 13.8 Å². The molecule has 0 heterocycles. The van der Waals surface area contributed by atoms with Crippen molar-refractivity contribution >= 4 is 39.1 Å². The fourth-order valence-corrected chi connectivity index (χ4v) is 2.29. The van der Waals surface area contributed by atoms with Gasteiger partial charge in [0.25, 0.3) is 5.91 Å². The Morgan fingerprint density at radius 2 is 1.79 bits per heavy atom. The van der Waals surface area contributed by atoms with Crippen LogP contribution in [0.5, 0.6) is 0 Å². The Hall–Kier alpha value is -1.32. The van der Waals surface area contributed by atoms with Crippen molar-refractivity contribution in [3.8, 4) is 0 Å². The molecule has 1 N–H and O–H groups in total. The molecule has 0 spiro atoms. The van der Waals surface area contributed by atoms with Gasteiger partial charge in [0, 0.05) is 20.7 Å². The van der Waals surface area contributed by atoms with Crippen molar-refractivity contribution < 1.29 is 4.79 Å². The molecule has 0 aliphatic heterocycles. The lowest BCUT2D eigenvalue weighted by molar-refractivity contribution is 0.102. The molecule has 4 heteroatoms. The fourth-order valence-electron chi connectivity index (χ4n) is 1.76. The number of halogens is 2. The van der Waals surface area contributed by atoms with Crippen LogP contribution < -0.4 is 5.32 Å². The maximum atomic E-state index is 12.3. The highest BCUT2D eigenvalue weighted by Crippen LogP contribution is 2.22. The molecule has 0 saturated carbocycles. The molecule has 0 radical (unpaired) electrons. The first-order valence-corrected chi connectivity index (χ1v) is 6.98. The van der Waals surface area contributed by atoms with Crippen LogP contribution in [0.1, 0.15) is 21.5 Å². The molecule has 2 aromatic carbocycles. The SMILES string of the molecule is Cc1ccc(Cl)cc1NC(=O)c1cc(Br)ccc1C. The first-order valence-electron chi connectivity index (χ1n) is 5.81. The first-order chi connectivity index (χ1) is 8.97. The smallest absolute Gasteiger partial charge is 0.255 e. The van der Waals surface area contributed by atoms with E-state index in [1.165, 1.54) is 0 Å². The molecule has 0 aromatic heterocycles. The van der Waals surface area contributed by atoms with E-state index in [1.807, 2.05) is 38.1 Å². The maximum absolute atomic E-state index is 12.3. The van der Waals surface area contributed by atoms with Crippen LogP contribution in [0.3, 0.4) is 0 Å². The topological polar surface area (TPSA) is 29.1 Å². The lowest BCUT2D eigenvalue weighted by atomic mass is 10.1. The summed E-state index contributed by atoms with van der Waals surface area (Å²) in [6.07, 6.45) is 0. The number of hydrogen-bond acceptors (Lipinski definition) is 1. The molecule has 19 heavy (non-hydrogen) atoms. The Morgan fingerprint density at radius 3 is 2.53 bits per heavy atom. The summed E-state index contributed by atoms with van der Waals surface area (Å²) in [5.74, 6) is -0.135. The van der Waals surface area contributed by atoms with Crippen molar-refractivity contribution in [3.05, 3.63) is 62.6 Å². The van der Waals surface area contributed by atoms with Crippen LogP contribution in [0.25, 0.3) is 0 Å². The largest absolute Gasteiger partial charge is 0.322 e. The van der Waals surface area contributed by atoms with Crippen molar-refractivity contribution in [1.29, 1.82) is 0 Å². The highest BCUT2D eigenvalue weighted by Gasteiger charge is 2.11. The van der Waals surface area contributed by atoms with Crippen LogP contribution in [0.15, 0.2) is 40.9 Å². The number of nitrogens with one attached hydrogen (secondary N) is 1. The van der Waals surface area contributed by atoms with Gasteiger partial charge in [-0.3, -0.25) is 4.79 Å². The Bertz CT molecular complexity index is 640. The first kappa shape index (κ1) is 14.1. The van der Waals surface area contributed by atoms with Gasteiger partial charge in [-0.15, -0.1) is 0 Å². The number of amides is 1. The number of rotatable bonds is 2. The quantitative estimate of drug-likeness (QED) is 0.823. The fraction of sp³-hybridized carbons (Fsp3) is 0.133. The van der Waals surface area contributed by atoms with Gasteiger partial charge in [-0.25, -0.2) is 0 Å². The summed E-state index contributed by atoms with van der Waals surface area (Å²) in [6.45, 7) is 3.84. The van der Waals surface area contributed by atoms with Crippen LogP contribution >= 0.6 is 27.5 Å². The average Bonchev–Trinajstić information content (AvgIpc) is 2.36. The number of benzene rings is 2. The molecule has 1 amide bonds. The summed E-state index contributed by atoms with van der Waals surface area (Å²) < 4.78 is 0.881. The molecule has 0 aliphatic carbocycles. The minimum absolute atomic E-state index is 0.135. The number of aryl methyl sites for hydroxylation is 2. The molecule has 2 rings (SSSR count). The second-order valence-electron chi connectivity index (χ2n) is 4.37. The average molecular weight is 339 g/mol. The number of carbonyl (C=O) groups is 1. The Labute approximate surface area is 125 Å². The summed E-state index contributed by atoms with van der Waals surface area (Å²) in [4.78, 5) is 12.3. The highest BCUT2D eigenvalue weighted by atomic mass is 79.9. The van der Waals surface area contributed by atoms with Gasteiger partial charge in [0.1, 0.15) is 0 Å². The monoisotopic (exact) mass is 337 g/mol. The summed E-state index contributed by atoms with van der Waals surface area (Å²) >= 11 is 9.32. The predicted octanol–water partition coefficient (Wildman–Crippen LogP) is 4.97. The molecular weight excluding hydrogens is 326 g/mol. The van der Waals surface area contributed by atoms with E-state index >= 15 is 0 Å². The second kappa shape index (κ2) is 5.76. The third kappa shape index (κ3) is 3.37. The van der Waals surface area contributed by atoms with E-state index in [1.54, 1.807) is 12.1 Å². The third-order valence-electron chi connectivity index (χ3n) is 2.89. The summed E-state index contributed by atoms with van der Waals surface area (Å²) in [5.41, 5.74) is 3.29. The molecule has 0 aliphatic rings. The van der Waals surface area contributed by atoms with E-state index in [2.05, 4.69) is 21.2 Å². The molecule has 0 atom stereocenters. The van der Waals surface area contributed by atoms with Gasteiger partial charge in [-0.05, 0) is 49.2 Å². The number of hydrogen-bond donors (Lipinski definition) is 1. The summed E-state index contributed by atoms with van der Waals surface area (Å²) in [7, 11) is 0. The minimum atomic E-state index is -0.135. The second-order valence-corrected chi connectivity index (χ2v) is 5.72. The molecule has 0 saturated heterocycles. The van der Waals surface area contributed by atoms with E-state index < -0.39 is 0 Å². The Balaban J connectivity index is 2.30. The summed E-state index contributed by atoms with van der Waals surface area (Å²) in [5, 5.41) is 3.49. The van der Waals surface area contributed by atoms with Gasteiger partial charge in [0.2, 0.25) is 0 Å². The lowest BCUT2D eigenvalue weighted by Crippen LogP contribution is -2.14. The van der Waals surface area contributed by atoms with Crippen molar-refractivity contribution in [2.75, 3.05) is 5.32 Å². The van der Waals surface area contributed by atoms with E-state index in [-0.39, 0.29) is 5.91 Å². The van der Waals surface area contributed by atoms with E-state index in [9.17, 15) is 4.79 Å². The Morgan fingerprint density at radius 1 is 1.11 bits per heavy atom. The molecule has 2 aromatic rings. The molecule has 98 valence electrons. The molecular formula is C15H13BrClNO. The van der Waals surface area contributed by atoms with E-state index in [0.717, 1.165) is 21.3 Å². The van der Waals surface area contributed by atoms with Crippen molar-refractivity contribution in [2.45, 2.75) is 13.8 Å². The van der Waals surface area contributed by atoms with Crippen molar-refractivity contribution in [2.24, 2.45) is 0 Å². The number of carbonyl (C=O) groups excluding carboxylic acids is 1. The molecule has 0 bridgehead atoms. The normalized spacial score (nSPS) is 10.3. The van der Waals surface area contributed by atoms with Gasteiger partial charge in [0.05, 0.1) is 0 Å². The molecule has 0 fully saturated rings. The zero-order valence-electron chi connectivity index (χ0n) is 10.6. The predicted molar refractivity (Wildman–Crippen MR) is 83.0 cm³/mol. The van der Waals surface area contributed by atoms with E-state index in [0.29, 0.717) is 10.6 Å². The van der Waals surface area contributed by atoms with Crippen molar-refractivity contribution in [1.82, 2.24) is 0 Å². The van der Waals surface area contributed by atoms with Crippen LogP contribution in [-0.4, -0.2) is 5.91 Å². The molecule has 2 nitrogen and oxygen atoms in total. The van der Waals surface area contributed by atoms with Crippen LogP contribution in [0.4, 0.5) is 5.69 Å². The van der Waals surface area contributed by atoms with Crippen LogP contribution in [0.2, 0.25) is 5.02 Å². The van der Waals surface area contributed by atoms with Gasteiger partial charge in [0.15, 0.2) is 0 Å². The lowest BCUT2D eigenvalue weighted by Gasteiger charge is -2.10. The Kier molecular flexibility index (Phi) is 4.27. The van der Waals surface area contributed by atoms with Gasteiger partial charge in [-0.1, -0.05) is 39.7 Å². The van der Waals surface area contributed by atoms with Gasteiger partial charge in [-0.2, -0.15) is 0 Å². The van der Waals surface area contributed by atoms with Gasteiger partial charge < -0.3 is 5.32 Å². The minimum Gasteiger partial charge on any atom is -0.322 e. The summed E-state index contributed by atoms with van der Waals surface area (Å²) in [6, 6.07) is 11.1. The molecule has 0 unspecified atom stereocenters. The standard InChI is InChI=1S/C15H13BrClNO/c1-9-3-5-11(16)7-13(9)15(19)18-14-8-12(17)6-4-10(14)2/h3-8H,1-2H3,(H,18,19). The van der Waals surface area contributed by atoms with Gasteiger partial charge >= 0.3 is 0 Å². The van der Waals surface area contributed by atoms with E-state index in [4.69, 9.17) is 11.6 Å². The maximum Gasteiger partial charge on any atom is 0.255 e. The zero-order valence-corrected chi connectivity index (χ0v) is 13.0. The third-order valence-corrected chi connectivity index (χ3v) is 3.62.